The second-order valence-electron chi connectivity index (χ2n) is 10.6. The van der Waals surface area contributed by atoms with Gasteiger partial charge in [0.1, 0.15) is 5.60 Å². The van der Waals surface area contributed by atoms with E-state index in [-0.39, 0.29) is 53.1 Å². The van der Waals surface area contributed by atoms with Crippen molar-refractivity contribution in [2.75, 3.05) is 6.54 Å². The van der Waals surface area contributed by atoms with Crippen LogP contribution in [0.1, 0.15) is 63.1 Å². The van der Waals surface area contributed by atoms with Gasteiger partial charge in [-0.1, -0.05) is 32.4 Å². The Labute approximate surface area is 227 Å². The maximum atomic E-state index is 13.4. The minimum absolute atomic E-state index is 0.000615. The number of amides is 1. The molecule has 0 radical (unpaired) electrons. The van der Waals surface area contributed by atoms with Crippen LogP contribution in [0.2, 0.25) is 5.02 Å². The first kappa shape index (κ1) is 31.0. The van der Waals surface area contributed by atoms with Gasteiger partial charge in [-0.2, -0.15) is 27.1 Å². The number of alkyl halides is 5. The Hall–Kier alpha value is -2.51. The molecule has 1 fully saturated rings. The lowest BCUT2D eigenvalue weighted by molar-refractivity contribution is -0.211. The summed E-state index contributed by atoms with van der Waals surface area (Å²) in [6.07, 6.45) is -4.90. The zero-order valence-electron chi connectivity index (χ0n) is 21.9. The van der Waals surface area contributed by atoms with E-state index < -0.39 is 48.1 Å². The summed E-state index contributed by atoms with van der Waals surface area (Å²) in [6.45, 7) is 2.06. The third kappa shape index (κ3) is 6.80. The van der Waals surface area contributed by atoms with Crippen molar-refractivity contribution in [2.24, 2.45) is 11.3 Å². The largest absolute Gasteiger partial charge is 0.416 e. The van der Waals surface area contributed by atoms with Gasteiger partial charge in [0.15, 0.2) is 5.69 Å². The number of aryl methyl sites for hydroxylation is 1. The Morgan fingerprint density at radius 1 is 1.33 bits per heavy atom. The van der Waals surface area contributed by atoms with Crippen LogP contribution in [0.4, 0.5) is 22.0 Å². The number of nitrogens with one attached hydrogen (secondary N) is 1. The fourth-order valence-corrected chi connectivity index (χ4v) is 4.78. The van der Waals surface area contributed by atoms with E-state index >= 15 is 0 Å². The fraction of sp³-hybridized carbons (Fsp3) is 0.640. The molecule has 0 bridgehead atoms. The molecule has 1 saturated carbocycles. The van der Waals surface area contributed by atoms with Crippen LogP contribution < -0.4 is 10.1 Å². The molecule has 3 atom stereocenters. The lowest BCUT2D eigenvalue weighted by Gasteiger charge is -2.39. The normalized spacial score (nSPS) is 22.3. The minimum atomic E-state index is -4.57. The third-order valence-corrected chi connectivity index (χ3v) is 7.40. The molecule has 0 aromatic carbocycles. The molecule has 3 rings (SSSR count). The Kier molecular flexibility index (Phi) is 9.18. The van der Waals surface area contributed by atoms with E-state index in [0.29, 0.717) is 12.8 Å². The molecule has 1 aliphatic carbocycles. The Balaban J connectivity index is 1.94. The van der Waals surface area contributed by atoms with Gasteiger partial charge >= 0.3 is 12.8 Å². The van der Waals surface area contributed by atoms with Crippen LogP contribution in [-0.4, -0.2) is 61.9 Å². The van der Waals surface area contributed by atoms with Crippen LogP contribution in [0.5, 0.6) is 5.88 Å². The number of aromatic nitrogens is 3. The highest BCUT2D eigenvalue weighted by Gasteiger charge is 2.47. The molecule has 39 heavy (non-hydrogen) atoms. The summed E-state index contributed by atoms with van der Waals surface area (Å²) in [5.74, 6) is -1.23. The highest BCUT2D eigenvalue weighted by molar-refractivity contribution is 6.36. The lowest BCUT2D eigenvalue weighted by atomic mass is 9.77. The summed E-state index contributed by atoms with van der Waals surface area (Å²) in [6, 6.07) is 2.48. The van der Waals surface area contributed by atoms with Crippen LogP contribution in [0.25, 0.3) is 11.3 Å². The van der Waals surface area contributed by atoms with Gasteiger partial charge < -0.3 is 20.3 Å². The van der Waals surface area contributed by atoms with Crippen molar-refractivity contribution in [3.05, 3.63) is 28.5 Å². The van der Waals surface area contributed by atoms with Crippen molar-refractivity contribution in [2.45, 2.75) is 84.4 Å². The quantitative estimate of drug-likeness (QED) is 0.359. The molecule has 0 spiro atoms. The number of halogens is 6. The molecule has 0 unspecified atom stereocenters. The van der Waals surface area contributed by atoms with E-state index in [0.717, 1.165) is 13.8 Å². The average molecular weight is 583 g/mol. The van der Waals surface area contributed by atoms with Gasteiger partial charge in [-0.05, 0) is 44.2 Å². The number of carbonyl (C=O) groups excluding carboxylic acids is 1. The number of ether oxygens (including phenoxy) is 1. The van der Waals surface area contributed by atoms with Gasteiger partial charge in [-0.25, -0.2) is 4.98 Å². The number of carbonyl (C=O) groups is 1. The van der Waals surface area contributed by atoms with E-state index in [4.69, 9.17) is 11.6 Å². The molecule has 1 aliphatic rings. The Morgan fingerprint density at radius 2 is 2.00 bits per heavy atom. The summed E-state index contributed by atoms with van der Waals surface area (Å²) in [5.41, 5.74) is -4.24. The summed E-state index contributed by atoms with van der Waals surface area (Å²) in [7, 11) is 0. The number of aliphatic hydroxyl groups excluding tert-OH is 1. The maximum absolute atomic E-state index is 13.4. The number of nitrogens with zero attached hydrogens (tertiary/aromatic N) is 3. The number of pyridine rings is 1. The van der Waals surface area contributed by atoms with E-state index in [2.05, 4.69) is 20.1 Å². The van der Waals surface area contributed by atoms with Crippen LogP contribution >= 0.6 is 11.6 Å². The Morgan fingerprint density at radius 3 is 2.56 bits per heavy atom. The molecular formula is C25H32ClF5N4O4. The highest BCUT2D eigenvalue weighted by atomic mass is 35.5. The van der Waals surface area contributed by atoms with Gasteiger partial charge in [0.25, 0.3) is 5.91 Å². The van der Waals surface area contributed by atoms with Crippen LogP contribution in [0, 0.1) is 11.3 Å². The van der Waals surface area contributed by atoms with Gasteiger partial charge in [-0.3, -0.25) is 9.48 Å². The van der Waals surface area contributed by atoms with Gasteiger partial charge in [0.05, 0.1) is 27.8 Å². The number of hydrogen-bond acceptors (Lipinski definition) is 6. The van der Waals surface area contributed by atoms with Crippen LogP contribution in [-0.2, 0) is 13.0 Å². The van der Waals surface area contributed by atoms with E-state index in [1.807, 2.05) is 6.92 Å². The molecule has 8 nitrogen and oxygen atoms in total. The second kappa shape index (κ2) is 11.5. The highest BCUT2D eigenvalue weighted by Crippen LogP contribution is 2.42. The first-order valence-corrected chi connectivity index (χ1v) is 12.8. The summed E-state index contributed by atoms with van der Waals surface area (Å²) < 4.78 is 72.4. The zero-order chi connectivity index (χ0) is 29.3. The second-order valence-corrected chi connectivity index (χ2v) is 11.0. The van der Waals surface area contributed by atoms with E-state index in [1.165, 1.54) is 16.8 Å². The van der Waals surface area contributed by atoms with Crippen LogP contribution in [0.3, 0.4) is 0 Å². The van der Waals surface area contributed by atoms with E-state index in [9.17, 15) is 37.0 Å². The van der Waals surface area contributed by atoms with Crippen molar-refractivity contribution >= 4 is 17.5 Å². The molecular weight excluding hydrogens is 551 g/mol. The monoisotopic (exact) mass is 582 g/mol. The SMILES string of the molecule is CCn1nc(C(=O)NC[C@@]2(O)CC[C@H](C)C[C@@H]2O)c(Cl)c1-c1ccc(CC(C)(C)C(F)(F)F)nc1OC(F)F. The number of rotatable bonds is 9. The predicted octanol–water partition coefficient (Wildman–Crippen LogP) is 4.99. The fourth-order valence-electron chi connectivity index (χ4n) is 4.46. The molecule has 14 heteroatoms. The topological polar surface area (TPSA) is 110 Å². The molecule has 0 saturated heterocycles. The summed E-state index contributed by atoms with van der Waals surface area (Å²) in [4.78, 5) is 16.9. The predicted molar refractivity (Wildman–Crippen MR) is 133 cm³/mol. The van der Waals surface area contributed by atoms with Gasteiger partial charge in [0, 0.05) is 25.2 Å². The first-order chi connectivity index (χ1) is 18.0. The van der Waals surface area contributed by atoms with Crippen molar-refractivity contribution in [3.63, 3.8) is 0 Å². The minimum Gasteiger partial charge on any atom is -0.416 e. The maximum Gasteiger partial charge on any atom is 0.394 e. The van der Waals surface area contributed by atoms with Crippen molar-refractivity contribution in [3.8, 4) is 17.1 Å². The van der Waals surface area contributed by atoms with Crippen molar-refractivity contribution in [1.82, 2.24) is 20.1 Å². The molecule has 3 N–H and O–H groups in total. The number of hydrogen-bond donors (Lipinski definition) is 3. The van der Waals surface area contributed by atoms with Crippen molar-refractivity contribution < 1.29 is 41.7 Å². The lowest BCUT2D eigenvalue weighted by Crippen LogP contribution is -2.54. The standard InChI is InChI=1S/C25H32ClF5N4O4/c1-5-35-19(15-7-6-14(33-21(15)39-22(27)28)11-23(3,4)25(29,30)31)17(26)18(34-35)20(37)32-12-24(38)9-8-13(2)10-16(24)36/h6-7,13,16,22,36,38H,5,8-12H2,1-4H3,(H,32,37)/t13-,16-,24-/m0/s1. The molecule has 0 aliphatic heterocycles. The third-order valence-electron chi connectivity index (χ3n) is 7.04. The Bertz CT molecular complexity index is 1190. The number of aliphatic hydroxyl groups is 2. The van der Waals surface area contributed by atoms with Gasteiger partial charge in [-0.15, -0.1) is 0 Å². The zero-order valence-corrected chi connectivity index (χ0v) is 22.7. The molecule has 2 heterocycles. The van der Waals surface area contributed by atoms with Crippen LogP contribution in [0.15, 0.2) is 12.1 Å². The van der Waals surface area contributed by atoms with E-state index in [1.54, 1.807) is 6.92 Å². The average Bonchev–Trinajstić information content (AvgIpc) is 3.15. The molecule has 218 valence electrons. The first-order valence-electron chi connectivity index (χ1n) is 12.5. The molecule has 1 amide bonds. The van der Waals surface area contributed by atoms with Gasteiger partial charge in [0.2, 0.25) is 5.88 Å². The molecule has 2 aromatic heterocycles. The van der Waals surface area contributed by atoms with Crippen molar-refractivity contribution in [1.29, 1.82) is 0 Å². The summed E-state index contributed by atoms with van der Waals surface area (Å²) >= 11 is 6.48. The smallest absolute Gasteiger partial charge is 0.394 e. The molecule has 2 aromatic rings. The summed E-state index contributed by atoms with van der Waals surface area (Å²) in [5, 5.41) is 27.6.